The second-order valence-corrected chi connectivity index (χ2v) is 9.86. The van der Waals surface area contributed by atoms with Gasteiger partial charge in [0.15, 0.2) is 0 Å². The summed E-state index contributed by atoms with van der Waals surface area (Å²) in [7, 11) is 1.43. The Hall–Kier alpha value is -3.41. The Kier molecular flexibility index (Phi) is 6.74. The smallest absolute Gasteiger partial charge is 0.338 e. The molecule has 4 aromatic carbocycles. The highest BCUT2D eigenvalue weighted by atomic mass is 32.2. The fourth-order valence-electron chi connectivity index (χ4n) is 3.95. The largest absolute Gasteiger partial charge is 0.465 e. The first kappa shape index (κ1) is 22.4. The van der Waals surface area contributed by atoms with E-state index in [-0.39, 0.29) is 5.97 Å². The summed E-state index contributed by atoms with van der Waals surface area (Å²) in [6.07, 6.45) is 0. The number of para-hydroxylation sites is 1. The van der Waals surface area contributed by atoms with Crippen molar-refractivity contribution in [1.29, 1.82) is 0 Å². The van der Waals surface area contributed by atoms with Gasteiger partial charge in [-0.2, -0.15) is 0 Å². The van der Waals surface area contributed by atoms with Crippen molar-refractivity contribution in [3.05, 3.63) is 120 Å². The van der Waals surface area contributed by atoms with Crippen molar-refractivity contribution >= 4 is 40.4 Å². The van der Waals surface area contributed by atoms with E-state index in [1.807, 2.05) is 36.4 Å². The Morgan fingerprint density at radius 1 is 0.735 bits per heavy atom. The second-order valence-electron chi connectivity index (χ2n) is 7.72. The molecule has 0 aliphatic rings. The molecule has 0 N–H and O–H groups in total. The highest BCUT2D eigenvalue weighted by molar-refractivity contribution is 8.02. The molecule has 1 heterocycles. The molecule has 0 spiro atoms. The molecule has 168 valence electrons. The van der Waals surface area contributed by atoms with Crippen molar-refractivity contribution in [1.82, 2.24) is 4.57 Å². The number of fused-ring (bicyclic) bond motifs is 1. The van der Waals surface area contributed by atoms with E-state index in [2.05, 4.69) is 77.4 Å². The van der Waals surface area contributed by atoms with Crippen LogP contribution in [-0.4, -0.2) is 17.6 Å². The van der Waals surface area contributed by atoms with Gasteiger partial charge in [0.05, 0.1) is 28.1 Å². The van der Waals surface area contributed by atoms with E-state index < -0.39 is 0 Å². The Labute approximate surface area is 207 Å². The van der Waals surface area contributed by atoms with Gasteiger partial charge in [-0.15, -0.1) is 0 Å². The van der Waals surface area contributed by atoms with E-state index in [1.54, 1.807) is 23.5 Å². The summed E-state index contributed by atoms with van der Waals surface area (Å²) in [5.74, 6) is -0.316. The number of aromatic nitrogens is 1. The zero-order chi connectivity index (χ0) is 23.3. The lowest BCUT2D eigenvalue weighted by Crippen LogP contribution is -2.09. The zero-order valence-electron chi connectivity index (χ0n) is 18.7. The molecule has 0 saturated heterocycles. The number of hydrogen-bond donors (Lipinski definition) is 0. The number of carbonyl (C=O) groups excluding carboxylic acids is 1. The first-order valence-corrected chi connectivity index (χ1v) is 12.6. The number of benzene rings is 4. The van der Waals surface area contributed by atoms with Gasteiger partial charge in [0, 0.05) is 21.7 Å². The highest BCUT2D eigenvalue weighted by Crippen LogP contribution is 2.45. The standard InChI is InChI=1S/C29H23NO2S2/c1-32-29(31)24-17-9-8-12-21(24)20-30-26-19-11-10-18-25(26)27(33-22-13-4-2-5-14-22)28(30)34-23-15-6-3-7-16-23/h2-19H,20H2,1H3. The molecule has 3 nitrogen and oxygen atoms in total. The molecule has 0 fully saturated rings. The third-order valence-corrected chi connectivity index (χ3v) is 7.93. The summed E-state index contributed by atoms with van der Waals surface area (Å²) < 4.78 is 7.37. The van der Waals surface area contributed by atoms with E-state index in [4.69, 9.17) is 4.74 Å². The summed E-state index contributed by atoms with van der Waals surface area (Å²) in [6, 6.07) is 37.0. The average molecular weight is 482 g/mol. The monoisotopic (exact) mass is 481 g/mol. The Balaban J connectivity index is 1.69. The molecule has 0 aliphatic carbocycles. The molecule has 5 rings (SSSR count). The number of nitrogens with zero attached hydrogens (tertiary/aromatic N) is 1. The molecule has 0 radical (unpaired) electrons. The maximum absolute atomic E-state index is 12.5. The van der Waals surface area contributed by atoms with Gasteiger partial charge in [-0.1, -0.05) is 96.3 Å². The van der Waals surface area contributed by atoms with Gasteiger partial charge in [0.2, 0.25) is 0 Å². The van der Waals surface area contributed by atoms with Crippen LogP contribution >= 0.6 is 23.5 Å². The topological polar surface area (TPSA) is 31.2 Å². The normalized spacial score (nSPS) is 11.0. The summed E-state index contributed by atoms with van der Waals surface area (Å²) in [5.41, 5.74) is 2.66. The van der Waals surface area contributed by atoms with Crippen LogP contribution in [0.5, 0.6) is 0 Å². The molecule has 34 heavy (non-hydrogen) atoms. The Morgan fingerprint density at radius 3 is 2.03 bits per heavy atom. The molecular weight excluding hydrogens is 458 g/mol. The number of methoxy groups -OCH3 is 1. The SMILES string of the molecule is COC(=O)c1ccccc1Cn1c(Sc2ccccc2)c(Sc2ccccc2)c2ccccc21. The van der Waals surface area contributed by atoms with Gasteiger partial charge in [-0.25, -0.2) is 4.79 Å². The molecular formula is C29H23NO2S2. The number of esters is 1. The predicted octanol–water partition coefficient (Wildman–Crippen LogP) is 7.78. The van der Waals surface area contributed by atoms with Crippen molar-refractivity contribution in [3.63, 3.8) is 0 Å². The van der Waals surface area contributed by atoms with E-state index >= 15 is 0 Å². The second kappa shape index (κ2) is 10.2. The minimum Gasteiger partial charge on any atom is -0.465 e. The van der Waals surface area contributed by atoms with Gasteiger partial charge in [0.1, 0.15) is 0 Å². The average Bonchev–Trinajstić information content (AvgIpc) is 3.17. The number of carbonyl (C=O) groups is 1. The van der Waals surface area contributed by atoms with E-state index in [1.165, 1.54) is 27.2 Å². The first-order chi connectivity index (χ1) is 16.7. The third kappa shape index (κ3) is 4.63. The highest BCUT2D eigenvalue weighted by Gasteiger charge is 2.21. The van der Waals surface area contributed by atoms with Crippen LogP contribution in [0.2, 0.25) is 0 Å². The molecule has 5 aromatic rings. The van der Waals surface area contributed by atoms with Crippen molar-refractivity contribution < 1.29 is 9.53 Å². The summed E-state index contributed by atoms with van der Waals surface area (Å²) in [4.78, 5) is 16.0. The van der Waals surface area contributed by atoms with Crippen LogP contribution in [0.3, 0.4) is 0 Å². The van der Waals surface area contributed by atoms with Crippen LogP contribution in [0.15, 0.2) is 129 Å². The van der Waals surface area contributed by atoms with E-state index in [9.17, 15) is 4.79 Å². The van der Waals surface area contributed by atoms with Gasteiger partial charge < -0.3 is 9.30 Å². The Morgan fingerprint density at radius 2 is 1.32 bits per heavy atom. The number of rotatable bonds is 7. The van der Waals surface area contributed by atoms with Crippen LogP contribution in [0.1, 0.15) is 15.9 Å². The minimum atomic E-state index is -0.316. The van der Waals surface area contributed by atoms with Crippen molar-refractivity contribution in [2.75, 3.05) is 7.11 Å². The summed E-state index contributed by atoms with van der Waals surface area (Å²) >= 11 is 3.53. The van der Waals surface area contributed by atoms with Gasteiger partial charge in [-0.05, 0) is 42.0 Å². The van der Waals surface area contributed by atoms with Crippen LogP contribution in [0.25, 0.3) is 10.9 Å². The predicted molar refractivity (Wildman–Crippen MR) is 140 cm³/mol. The van der Waals surface area contributed by atoms with Gasteiger partial charge in [-0.3, -0.25) is 0 Å². The summed E-state index contributed by atoms with van der Waals surface area (Å²) in [6.45, 7) is 0.566. The van der Waals surface area contributed by atoms with Crippen molar-refractivity contribution in [2.24, 2.45) is 0 Å². The molecule has 0 unspecified atom stereocenters. The van der Waals surface area contributed by atoms with Crippen LogP contribution in [0.4, 0.5) is 0 Å². The lowest BCUT2D eigenvalue weighted by molar-refractivity contribution is 0.0599. The van der Waals surface area contributed by atoms with E-state index in [0.717, 1.165) is 16.1 Å². The van der Waals surface area contributed by atoms with Gasteiger partial charge in [0.25, 0.3) is 0 Å². The van der Waals surface area contributed by atoms with Crippen LogP contribution in [-0.2, 0) is 11.3 Å². The third-order valence-electron chi connectivity index (χ3n) is 5.55. The molecule has 0 saturated carbocycles. The fourth-order valence-corrected chi connectivity index (χ4v) is 6.20. The van der Waals surface area contributed by atoms with Crippen LogP contribution < -0.4 is 0 Å². The molecule has 0 amide bonds. The molecule has 5 heteroatoms. The number of hydrogen-bond acceptors (Lipinski definition) is 4. The fraction of sp³-hybridized carbons (Fsp3) is 0.0690. The quantitative estimate of drug-likeness (QED) is 0.222. The zero-order valence-corrected chi connectivity index (χ0v) is 20.3. The maximum Gasteiger partial charge on any atom is 0.338 e. The van der Waals surface area contributed by atoms with Crippen LogP contribution in [0, 0.1) is 0 Å². The van der Waals surface area contributed by atoms with Gasteiger partial charge >= 0.3 is 5.97 Å². The van der Waals surface area contributed by atoms with E-state index in [0.29, 0.717) is 12.1 Å². The van der Waals surface area contributed by atoms with Crippen molar-refractivity contribution in [3.8, 4) is 0 Å². The molecule has 0 bridgehead atoms. The molecule has 1 aromatic heterocycles. The summed E-state index contributed by atoms with van der Waals surface area (Å²) in [5, 5.41) is 2.35. The molecule has 0 aliphatic heterocycles. The molecule has 0 atom stereocenters. The van der Waals surface area contributed by atoms with Crippen molar-refractivity contribution in [2.45, 2.75) is 26.3 Å². The maximum atomic E-state index is 12.5. The Bertz CT molecular complexity index is 1430. The number of ether oxygens (including phenoxy) is 1. The minimum absolute atomic E-state index is 0.316. The lowest BCUT2D eigenvalue weighted by Gasteiger charge is -2.14. The lowest BCUT2D eigenvalue weighted by atomic mass is 10.1. The first-order valence-electron chi connectivity index (χ1n) is 11.0.